The van der Waals surface area contributed by atoms with Crippen molar-refractivity contribution in [3.8, 4) is 11.5 Å². The Hall–Kier alpha value is -1.80. The number of aldehydes is 1. The Morgan fingerprint density at radius 3 is 2.38 bits per heavy atom. The first-order chi connectivity index (χ1) is 9.92. The second kappa shape index (κ2) is 6.31. The van der Waals surface area contributed by atoms with Crippen LogP contribution >= 0.6 is 11.6 Å². The average Bonchev–Trinajstić information content (AvgIpc) is 2.41. The molecule has 0 atom stereocenters. The van der Waals surface area contributed by atoms with Crippen LogP contribution in [0.25, 0.3) is 0 Å². The van der Waals surface area contributed by atoms with E-state index in [2.05, 4.69) is 13.8 Å². The monoisotopic (exact) mass is 302 g/mol. The molecule has 0 spiro atoms. The van der Waals surface area contributed by atoms with E-state index in [9.17, 15) is 4.79 Å². The van der Waals surface area contributed by atoms with Crippen LogP contribution in [0, 0.1) is 13.8 Å². The first-order valence-corrected chi connectivity index (χ1v) is 7.34. The molecule has 0 radical (unpaired) electrons. The Labute approximate surface area is 130 Å². The lowest BCUT2D eigenvalue weighted by Crippen LogP contribution is -1.95. The molecule has 0 saturated carbocycles. The van der Waals surface area contributed by atoms with Gasteiger partial charge in [0, 0.05) is 10.6 Å². The molecule has 3 heteroatoms. The summed E-state index contributed by atoms with van der Waals surface area (Å²) in [4.78, 5) is 10.9. The minimum atomic E-state index is 0.333. The topological polar surface area (TPSA) is 26.3 Å². The SMILES string of the molecule is Cc1cc(Oc2cc(C(C)C)c(Cl)cc2C)ccc1C=O. The van der Waals surface area contributed by atoms with Crippen LogP contribution in [0.15, 0.2) is 30.3 Å². The van der Waals surface area contributed by atoms with Crippen molar-refractivity contribution < 1.29 is 9.53 Å². The quantitative estimate of drug-likeness (QED) is 0.679. The lowest BCUT2D eigenvalue weighted by molar-refractivity contribution is 0.112. The molecule has 0 aliphatic heterocycles. The maximum absolute atomic E-state index is 10.9. The molecule has 0 aliphatic carbocycles. The van der Waals surface area contributed by atoms with E-state index in [-0.39, 0.29) is 0 Å². The molecule has 0 aromatic heterocycles. The highest BCUT2D eigenvalue weighted by atomic mass is 35.5. The highest BCUT2D eigenvalue weighted by Crippen LogP contribution is 2.34. The van der Waals surface area contributed by atoms with Gasteiger partial charge in [-0.25, -0.2) is 0 Å². The van der Waals surface area contributed by atoms with Gasteiger partial charge in [-0.2, -0.15) is 0 Å². The predicted molar refractivity (Wildman–Crippen MR) is 86.9 cm³/mol. The van der Waals surface area contributed by atoms with Gasteiger partial charge in [-0.05, 0) is 66.8 Å². The number of carbonyl (C=O) groups excluding carboxylic acids is 1. The molecule has 0 unspecified atom stereocenters. The smallest absolute Gasteiger partial charge is 0.150 e. The molecular formula is C18H19ClO2. The zero-order chi connectivity index (χ0) is 15.6. The van der Waals surface area contributed by atoms with Crippen LogP contribution in [-0.4, -0.2) is 6.29 Å². The molecule has 2 aromatic rings. The van der Waals surface area contributed by atoms with Crippen molar-refractivity contribution in [3.05, 3.63) is 57.6 Å². The molecule has 21 heavy (non-hydrogen) atoms. The summed E-state index contributed by atoms with van der Waals surface area (Å²) in [6.07, 6.45) is 0.851. The fourth-order valence-electron chi connectivity index (χ4n) is 2.19. The molecule has 0 fully saturated rings. The third-order valence-corrected chi connectivity index (χ3v) is 3.84. The summed E-state index contributed by atoms with van der Waals surface area (Å²) in [5.74, 6) is 1.85. The van der Waals surface area contributed by atoms with E-state index in [1.54, 1.807) is 12.1 Å². The van der Waals surface area contributed by atoms with Gasteiger partial charge in [-0.3, -0.25) is 4.79 Å². The van der Waals surface area contributed by atoms with Gasteiger partial charge < -0.3 is 4.74 Å². The summed E-state index contributed by atoms with van der Waals surface area (Å²) < 4.78 is 5.96. The highest BCUT2D eigenvalue weighted by Gasteiger charge is 2.11. The highest BCUT2D eigenvalue weighted by molar-refractivity contribution is 6.31. The molecule has 110 valence electrons. The zero-order valence-corrected chi connectivity index (χ0v) is 13.5. The van der Waals surface area contributed by atoms with Gasteiger partial charge in [-0.15, -0.1) is 0 Å². The standard InChI is InChI=1S/C18H19ClO2/c1-11(2)16-9-18(13(4)8-17(16)19)21-15-6-5-14(10-20)12(3)7-15/h5-11H,1-4H3. The summed E-state index contributed by atoms with van der Waals surface area (Å²) in [6, 6.07) is 9.36. The number of rotatable bonds is 4. The Kier molecular flexibility index (Phi) is 4.69. The van der Waals surface area contributed by atoms with Gasteiger partial charge in [0.15, 0.2) is 0 Å². The van der Waals surface area contributed by atoms with E-state index in [4.69, 9.17) is 16.3 Å². The Balaban J connectivity index is 2.37. The molecule has 0 heterocycles. The van der Waals surface area contributed by atoms with Gasteiger partial charge in [0.05, 0.1) is 0 Å². The maximum Gasteiger partial charge on any atom is 0.150 e. The van der Waals surface area contributed by atoms with Crippen LogP contribution in [0.3, 0.4) is 0 Å². The van der Waals surface area contributed by atoms with Crippen LogP contribution in [0.4, 0.5) is 0 Å². The van der Waals surface area contributed by atoms with Gasteiger partial charge in [0.2, 0.25) is 0 Å². The molecule has 2 aromatic carbocycles. The van der Waals surface area contributed by atoms with Gasteiger partial charge in [-0.1, -0.05) is 25.4 Å². The van der Waals surface area contributed by atoms with Crippen molar-refractivity contribution in [2.45, 2.75) is 33.6 Å². The minimum Gasteiger partial charge on any atom is -0.457 e. The number of aryl methyl sites for hydroxylation is 2. The van der Waals surface area contributed by atoms with Crippen LogP contribution < -0.4 is 4.74 Å². The Morgan fingerprint density at radius 2 is 1.81 bits per heavy atom. The summed E-state index contributed by atoms with van der Waals surface area (Å²) in [6.45, 7) is 8.07. The van der Waals surface area contributed by atoms with Crippen molar-refractivity contribution in [2.75, 3.05) is 0 Å². The number of benzene rings is 2. The largest absolute Gasteiger partial charge is 0.457 e. The zero-order valence-electron chi connectivity index (χ0n) is 12.7. The summed E-state index contributed by atoms with van der Waals surface area (Å²) >= 11 is 6.27. The Bertz CT molecular complexity index is 675. The number of carbonyl (C=O) groups is 1. The third kappa shape index (κ3) is 3.45. The molecule has 0 saturated heterocycles. The van der Waals surface area contributed by atoms with Crippen molar-refractivity contribution in [2.24, 2.45) is 0 Å². The molecule has 0 N–H and O–H groups in total. The number of hydrogen-bond donors (Lipinski definition) is 0. The third-order valence-electron chi connectivity index (χ3n) is 3.51. The van der Waals surface area contributed by atoms with Crippen molar-refractivity contribution in [1.82, 2.24) is 0 Å². The van der Waals surface area contributed by atoms with E-state index in [1.807, 2.05) is 32.0 Å². The molecule has 0 amide bonds. The summed E-state index contributed by atoms with van der Waals surface area (Å²) in [5, 5.41) is 0.766. The average molecular weight is 303 g/mol. The normalized spacial score (nSPS) is 10.8. The fourth-order valence-corrected chi connectivity index (χ4v) is 2.63. The van der Waals surface area contributed by atoms with E-state index in [1.165, 1.54) is 0 Å². The van der Waals surface area contributed by atoms with E-state index >= 15 is 0 Å². The van der Waals surface area contributed by atoms with Gasteiger partial charge in [0.25, 0.3) is 0 Å². The lowest BCUT2D eigenvalue weighted by Gasteiger charge is -2.15. The van der Waals surface area contributed by atoms with Crippen LogP contribution in [0.5, 0.6) is 11.5 Å². The number of hydrogen-bond acceptors (Lipinski definition) is 2. The molecular weight excluding hydrogens is 284 g/mol. The number of halogens is 1. The second-order valence-corrected chi connectivity index (χ2v) is 5.94. The first-order valence-electron chi connectivity index (χ1n) is 6.96. The van der Waals surface area contributed by atoms with E-state index in [0.29, 0.717) is 11.5 Å². The lowest BCUT2D eigenvalue weighted by atomic mass is 10.0. The van der Waals surface area contributed by atoms with Crippen LogP contribution in [0.2, 0.25) is 5.02 Å². The molecule has 0 bridgehead atoms. The minimum absolute atomic E-state index is 0.333. The van der Waals surface area contributed by atoms with E-state index < -0.39 is 0 Å². The maximum atomic E-state index is 10.9. The summed E-state index contributed by atoms with van der Waals surface area (Å²) in [7, 11) is 0. The molecule has 2 nitrogen and oxygen atoms in total. The van der Waals surface area contributed by atoms with Crippen molar-refractivity contribution >= 4 is 17.9 Å². The van der Waals surface area contributed by atoms with Crippen molar-refractivity contribution in [3.63, 3.8) is 0 Å². The second-order valence-electron chi connectivity index (χ2n) is 5.53. The molecule has 2 rings (SSSR count). The molecule has 0 aliphatic rings. The summed E-state index contributed by atoms with van der Waals surface area (Å²) in [5.41, 5.74) is 3.64. The van der Waals surface area contributed by atoms with Crippen molar-refractivity contribution in [1.29, 1.82) is 0 Å². The van der Waals surface area contributed by atoms with Crippen LogP contribution in [-0.2, 0) is 0 Å². The van der Waals surface area contributed by atoms with Gasteiger partial charge >= 0.3 is 0 Å². The fraction of sp³-hybridized carbons (Fsp3) is 0.278. The van der Waals surface area contributed by atoms with E-state index in [0.717, 1.165) is 39.5 Å². The number of ether oxygens (including phenoxy) is 1. The van der Waals surface area contributed by atoms with Crippen LogP contribution in [0.1, 0.15) is 46.8 Å². The Morgan fingerprint density at radius 1 is 1.10 bits per heavy atom. The van der Waals surface area contributed by atoms with Gasteiger partial charge in [0.1, 0.15) is 17.8 Å². The predicted octanol–water partition coefficient (Wildman–Crippen LogP) is 5.69. The first kappa shape index (κ1) is 15.6.